The van der Waals surface area contributed by atoms with Gasteiger partial charge in [0.15, 0.2) is 0 Å². The van der Waals surface area contributed by atoms with E-state index in [0.717, 1.165) is 115 Å². The summed E-state index contributed by atoms with van der Waals surface area (Å²) in [6.45, 7) is 21.5. The number of phenolic OH excluding ortho intramolecular Hbond substituents is 6. The van der Waals surface area contributed by atoms with Gasteiger partial charge in [0.2, 0.25) is 0 Å². The first-order valence-electron chi connectivity index (χ1n) is 49.1. The summed E-state index contributed by atoms with van der Waals surface area (Å²) in [5.41, 5.74) is 31.1. The molecule has 4 unspecified atom stereocenters. The van der Waals surface area contributed by atoms with Crippen molar-refractivity contribution in [3.05, 3.63) is 334 Å². The lowest BCUT2D eigenvalue weighted by Crippen LogP contribution is -2.46. The number of benzene rings is 11. The highest BCUT2D eigenvalue weighted by atomic mass is 79.9. The fourth-order valence-corrected chi connectivity index (χ4v) is 35.1. The van der Waals surface area contributed by atoms with Crippen molar-refractivity contribution in [2.45, 2.75) is 230 Å². The van der Waals surface area contributed by atoms with Gasteiger partial charge in [-0.15, -0.1) is 0 Å². The second-order valence-corrected chi connectivity index (χ2v) is 48.4. The molecule has 11 aromatic rings. The van der Waals surface area contributed by atoms with Crippen LogP contribution in [0.25, 0.3) is 0 Å². The number of fused-ring (bicyclic) bond motifs is 10. The Hall–Kier alpha value is -8.26. The van der Waals surface area contributed by atoms with Gasteiger partial charge in [0, 0.05) is 89.5 Å². The van der Waals surface area contributed by atoms with Crippen LogP contribution in [0, 0.1) is 102 Å². The predicted octanol–water partition coefficient (Wildman–Crippen LogP) is 28.6. The summed E-state index contributed by atoms with van der Waals surface area (Å²) < 4.78 is 17.0. The fourth-order valence-electron chi connectivity index (χ4n) is 33.1. The normalized spacial score (nSPS) is 30.7. The van der Waals surface area contributed by atoms with E-state index in [9.17, 15) is 30.6 Å². The average Bonchev–Trinajstić information content (AvgIpc) is 1.52. The summed E-state index contributed by atoms with van der Waals surface area (Å²) in [5.74, 6) is 12.8. The molecule has 0 bridgehead atoms. The molecule has 5 fully saturated rings. The molecule has 8 nitrogen and oxygen atoms in total. The van der Waals surface area contributed by atoms with Crippen molar-refractivity contribution in [3.63, 3.8) is 0 Å². The van der Waals surface area contributed by atoms with Crippen LogP contribution in [0.3, 0.4) is 0 Å². The zero-order valence-electron chi connectivity index (χ0n) is 77.8. The molecule has 15 aliphatic rings. The van der Waals surface area contributed by atoms with Crippen molar-refractivity contribution in [2.75, 3.05) is 14.2 Å². The summed E-state index contributed by atoms with van der Waals surface area (Å²) in [7, 11) is 3.67. The number of methoxy groups -OCH3 is 2. The zero-order valence-corrected chi connectivity index (χ0v) is 84.2. The van der Waals surface area contributed by atoms with Crippen molar-refractivity contribution in [1.29, 1.82) is 0 Å². The van der Waals surface area contributed by atoms with Gasteiger partial charge < -0.3 is 40.1 Å². The number of aromatic hydroxyl groups is 6. The SMILES string of the molecule is CC(C)(C)C1C[C@@H]2Cc3cccc(O)c3C23c2c(O)cccc2C[C@H]3C1.COc1ccc(Br)c2c1C13c4c(C)ccc(Br)c4C[C@@H]1CC(C(C)(C)C)C[C@H]3C2.COc1ccc(Br)c2c1C13c4c(C)ccc(Br)c4C[C@@H]1CC(C)C[C@H]3C2.Oc1cccc2c1C13c4c(O)cccc4C[C@H]1CC(c1ccccc1)C[C@@H]3C2.Oc1cccc2c1C13c4c(O)cccc4C[C@H]1CCC[C@@H]3C2. The number of phenols is 6. The van der Waals surface area contributed by atoms with E-state index in [1.54, 1.807) is 22.3 Å². The predicted molar refractivity (Wildman–Crippen MR) is 539 cm³/mol. The quantitative estimate of drug-likeness (QED) is 0.103. The van der Waals surface area contributed by atoms with Crippen LogP contribution in [0.4, 0.5) is 0 Å². The lowest BCUT2D eigenvalue weighted by Gasteiger charge is -2.50. The van der Waals surface area contributed by atoms with Gasteiger partial charge in [0.1, 0.15) is 46.0 Å². The van der Waals surface area contributed by atoms with Crippen LogP contribution < -0.4 is 9.47 Å². The minimum atomic E-state index is -0.243. The van der Waals surface area contributed by atoms with E-state index in [2.05, 4.69) is 241 Å². The van der Waals surface area contributed by atoms with Gasteiger partial charge >= 0.3 is 0 Å². The molecule has 0 aliphatic heterocycles. The largest absolute Gasteiger partial charge is 0.508 e. The lowest BCUT2D eigenvalue weighted by molar-refractivity contribution is 0.0591. The molecular formula is C119H126Br4O8. The highest BCUT2D eigenvalue weighted by Gasteiger charge is 2.68. The van der Waals surface area contributed by atoms with Gasteiger partial charge in [-0.2, -0.15) is 0 Å². The molecule has 26 rings (SSSR count). The summed E-state index contributed by atoms with van der Waals surface area (Å²) in [5, 5.41) is 64.9. The van der Waals surface area contributed by atoms with E-state index >= 15 is 0 Å². The Balaban J connectivity index is 0.0000000961. The number of ether oxygens (including phenoxy) is 2. The molecule has 0 amide bonds. The summed E-state index contributed by atoms with van der Waals surface area (Å²) in [6.07, 6.45) is 24.2. The zero-order chi connectivity index (χ0) is 91.0. The van der Waals surface area contributed by atoms with Crippen LogP contribution >= 0.6 is 63.7 Å². The minimum Gasteiger partial charge on any atom is -0.508 e. The van der Waals surface area contributed by atoms with Gasteiger partial charge in [-0.25, -0.2) is 0 Å². The van der Waals surface area contributed by atoms with Gasteiger partial charge in [-0.3, -0.25) is 0 Å². The maximum absolute atomic E-state index is 10.9. The number of aryl methyl sites for hydroxylation is 2. The fraction of sp³-hybridized carbons (Fsp3) is 0.445. The molecule has 131 heavy (non-hydrogen) atoms. The molecular weight excluding hydrogens is 1880 g/mol. The van der Waals surface area contributed by atoms with Crippen LogP contribution in [0.5, 0.6) is 46.0 Å². The highest BCUT2D eigenvalue weighted by molar-refractivity contribution is 9.11. The summed E-state index contributed by atoms with van der Waals surface area (Å²) in [6, 6.07) is 64.5. The lowest BCUT2D eigenvalue weighted by atomic mass is 9.53. The van der Waals surface area contributed by atoms with Crippen LogP contribution in [-0.4, -0.2) is 44.9 Å². The van der Waals surface area contributed by atoms with Crippen molar-refractivity contribution in [3.8, 4) is 46.0 Å². The van der Waals surface area contributed by atoms with Crippen molar-refractivity contribution < 1.29 is 40.1 Å². The molecule has 14 atom stereocenters. The van der Waals surface area contributed by atoms with E-state index in [1.165, 1.54) is 167 Å². The van der Waals surface area contributed by atoms with E-state index in [0.29, 0.717) is 116 Å². The molecule has 0 saturated heterocycles. The average molecular weight is 2000 g/mol. The molecule has 5 saturated carbocycles. The number of hydrogen-bond acceptors (Lipinski definition) is 8. The Bertz CT molecular complexity index is 6230. The Morgan fingerprint density at radius 3 is 0.847 bits per heavy atom. The van der Waals surface area contributed by atoms with Gasteiger partial charge in [-0.05, 0) is 392 Å². The third kappa shape index (κ3) is 12.8. The molecule has 6 N–H and O–H groups in total. The van der Waals surface area contributed by atoms with Gasteiger partial charge in [-0.1, -0.05) is 234 Å². The molecule has 0 radical (unpaired) electrons. The molecule has 11 aromatic carbocycles. The Morgan fingerprint density at radius 1 is 0.282 bits per heavy atom. The van der Waals surface area contributed by atoms with Crippen LogP contribution in [0.1, 0.15) is 253 Å². The first-order chi connectivity index (χ1) is 62.9. The summed E-state index contributed by atoms with van der Waals surface area (Å²) in [4.78, 5) is 0. The van der Waals surface area contributed by atoms with Crippen molar-refractivity contribution in [2.24, 2.45) is 87.8 Å². The third-order valence-corrected chi connectivity index (χ3v) is 40.3. The minimum absolute atomic E-state index is 0.0927. The maximum Gasteiger partial charge on any atom is 0.123 e. The van der Waals surface area contributed by atoms with Gasteiger partial charge in [0.05, 0.1) is 14.2 Å². The second kappa shape index (κ2) is 32.2. The van der Waals surface area contributed by atoms with E-state index < -0.39 is 0 Å². The molecule has 678 valence electrons. The van der Waals surface area contributed by atoms with Crippen LogP contribution in [0.2, 0.25) is 0 Å². The first kappa shape index (κ1) is 88.0. The van der Waals surface area contributed by atoms with Crippen molar-refractivity contribution >= 4 is 63.7 Å². The Labute approximate surface area is 809 Å². The van der Waals surface area contributed by atoms with Crippen molar-refractivity contribution in [1.82, 2.24) is 0 Å². The van der Waals surface area contributed by atoms with Crippen LogP contribution in [-0.2, 0) is 91.3 Å². The van der Waals surface area contributed by atoms with Gasteiger partial charge in [0.25, 0.3) is 0 Å². The number of halogens is 4. The molecule has 0 aromatic heterocycles. The second-order valence-electron chi connectivity index (χ2n) is 45.0. The number of rotatable bonds is 3. The molecule has 5 spiro atoms. The van der Waals surface area contributed by atoms with Crippen LogP contribution in [0.15, 0.2) is 206 Å². The smallest absolute Gasteiger partial charge is 0.123 e. The standard InChI is InChI=1S/C26H30Br2O.C26H24O2.C24H28O2.C23H24Br2O.C20H20O2/c1-14-6-7-20(27)18-12-16-10-15(25(2,3)4)11-17-13-19-21(28)8-9-22(29-5)24(19)26(16,17)23(14)18;27-22-10-4-8-17-12-20-14-19(16-6-2-1-3-7-16)15-21-13-18-9-5-11-23(28)25(18)26(20,21)24(17)22;1-23(2,3)16-12-17-10-14-6-4-8-19(25)21(14)24(17)18(13-16)11-15-7-5-9-20(26)22(15)24;1-12-8-14-10-16-18(24)5-4-13(2)21(16)23(14)15(9-12)11-17-19(25)6-7-20(26-3)22(17)23;21-16-8-1-4-12-10-14-6-3-7-15-11-13-5-2-9-17(22)19(13)20(14,15)18(12)16/h6-9,15-17H,10-13H2,1-5H3;1-11,19-21,27-28H,12-15H2;4-9,16-18,25-26H,10-13H2,1-3H3;4-7,12,14-15H,8-11H2,1-3H3;1-2,4-5,8-9,14-15,21-22H,3,6-7,10-11H2/t15?,16-,17-,26?;20-,21-,26?;17-,18-,24?;12?,14-,15-,23?;14-,15-,20?/m00001/s1. The molecule has 15 aliphatic carbocycles. The highest BCUT2D eigenvalue weighted by Crippen LogP contribution is 2.75. The van der Waals surface area contributed by atoms with E-state index in [-0.39, 0.29) is 27.1 Å². The summed E-state index contributed by atoms with van der Waals surface area (Å²) >= 11 is 15.5. The number of hydrogen-bond donors (Lipinski definition) is 6. The monoisotopic (exact) mass is 2000 g/mol. The topological polar surface area (TPSA) is 140 Å². The first-order valence-corrected chi connectivity index (χ1v) is 52.3. The van der Waals surface area contributed by atoms with E-state index in [1.807, 2.05) is 87.0 Å². The molecule has 12 heteroatoms. The maximum atomic E-state index is 10.9. The van der Waals surface area contributed by atoms with E-state index in [4.69, 9.17) is 9.47 Å². The molecule has 0 heterocycles. The Morgan fingerprint density at radius 2 is 0.542 bits per heavy atom. The third-order valence-electron chi connectivity index (χ3n) is 37.4. The Kier molecular flexibility index (Phi) is 21.6.